The number of aromatic nitrogens is 2. The summed E-state index contributed by atoms with van der Waals surface area (Å²) in [6, 6.07) is -0.599. The highest BCUT2D eigenvalue weighted by molar-refractivity contribution is 7.92. The molecule has 0 saturated carbocycles. The van der Waals surface area contributed by atoms with Gasteiger partial charge in [-0.25, -0.2) is 31.5 Å². The van der Waals surface area contributed by atoms with Crippen molar-refractivity contribution < 1.29 is 16.8 Å². The van der Waals surface area contributed by atoms with Crippen LogP contribution in [0.4, 0.5) is 5.95 Å². The molecule has 18 heavy (non-hydrogen) atoms. The lowest BCUT2D eigenvalue weighted by Gasteiger charge is -2.10. The second-order valence-electron chi connectivity index (χ2n) is 4.00. The van der Waals surface area contributed by atoms with Crippen LogP contribution in [0.1, 0.15) is 6.42 Å². The van der Waals surface area contributed by atoms with Crippen LogP contribution in [-0.4, -0.2) is 44.4 Å². The average molecular weight is 292 g/mol. The van der Waals surface area contributed by atoms with Crippen LogP contribution in [0.25, 0.3) is 0 Å². The molecule has 1 saturated heterocycles. The van der Waals surface area contributed by atoms with E-state index in [1.54, 1.807) is 0 Å². The second-order valence-corrected chi connectivity index (χ2v) is 7.94. The van der Waals surface area contributed by atoms with Gasteiger partial charge in [0, 0.05) is 6.04 Å². The molecule has 0 aliphatic carbocycles. The minimum absolute atomic E-state index is 0.00156. The third-order valence-corrected chi connectivity index (χ3v) is 5.76. The lowest BCUT2D eigenvalue weighted by molar-refractivity contribution is 0.561. The molecule has 1 aliphatic heterocycles. The third kappa shape index (κ3) is 2.94. The molecule has 1 unspecified atom stereocenters. The standard InChI is InChI=1S/C8H12N4O4S2/c9-8-10-3-7(4-11-8)18(15,16)12-6-1-2-17(13,14)5-6/h3-4,6,12H,1-2,5H2,(H2,9,10,11). The van der Waals surface area contributed by atoms with E-state index in [-0.39, 0.29) is 28.8 Å². The Bertz CT molecular complexity index is 638. The van der Waals surface area contributed by atoms with E-state index in [9.17, 15) is 16.8 Å². The number of nitrogen functional groups attached to an aromatic ring is 1. The van der Waals surface area contributed by atoms with Gasteiger partial charge in [-0.15, -0.1) is 0 Å². The maximum atomic E-state index is 11.9. The maximum absolute atomic E-state index is 11.9. The minimum atomic E-state index is -3.81. The van der Waals surface area contributed by atoms with Crippen LogP contribution in [0, 0.1) is 0 Å². The Morgan fingerprint density at radius 2 is 1.94 bits per heavy atom. The summed E-state index contributed by atoms with van der Waals surface area (Å²) in [7, 11) is -6.94. The number of anilines is 1. The van der Waals surface area contributed by atoms with E-state index < -0.39 is 25.9 Å². The number of sulfone groups is 1. The van der Waals surface area contributed by atoms with Crippen LogP contribution >= 0.6 is 0 Å². The zero-order valence-electron chi connectivity index (χ0n) is 9.27. The molecule has 1 aliphatic rings. The fourth-order valence-electron chi connectivity index (χ4n) is 1.64. The van der Waals surface area contributed by atoms with E-state index in [0.29, 0.717) is 0 Å². The molecule has 100 valence electrons. The molecule has 2 rings (SSSR count). The van der Waals surface area contributed by atoms with E-state index in [1.807, 2.05) is 0 Å². The van der Waals surface area contributed by atoms with Gasteiger partial charge in [0.25, 0.3) is 0 Å². The van der Waals surface area contributed by atoms with Crippen LogP contribution in [0.15, 0.2) is 17.3 Å². The molecule has 8 nitrogen and oxygen atoms in total. The van der Waals surface area contributed by atoms with Gasteiger partial charge >= 0.3 is 0 Å². The van der Waals surface area contributed by atoms with Gasteiger partial charge in [-0.2, -0.15) is 0 Å². The lowest BCUT2D eigenvalue weighted by atomic mass is 10.3. The first kappa shape index (κ1) is 13.2. The first-order chi connectivity index (χ1) is 8.28. The van der Waals surface area contributed by atoms with Crippen molar-refractivity contribution in [3.8, 4) is 0 Å². The summed E-state index contributed by atoms with van der Waals surface area (Å²) in [6.07, 6.45) is 2.43. The largest absolute Gasteiger partial charge is 0.368 e. The average Bonchev–Trinajstić information content (AvgIpc) is 2.57. The Morgan fingerprint density at radius 3 is 2.44 bits per heavy atom. The molecule has 10 heteroatoms. The van der Waals surface area contributed by atoms with Gasteiger partial charge in [-0.3, -0.25) is 0 Å². The summed E-state index contributed by atoms with van der Waals surface area (Å²) in [6.45, 7) is 0. The van der Waals surface area contributed by atoms with Gasteiger partial charge in [0.1, 0.15) is 4.90 Å². The molecule has 0 spiro atoms. The fourth-order valence-corrected chi connectivity index (χ4v) is 4.58. The number of nitrogens with zero attached hydrogens (tertiary/aromatic N) is 2. The van der Waals surface area contributed by atoms with Crippen LogP contribution in [0.5, 0.6) is 0 Å². The third-order valence-electron chi connectivity index (χ3n) is 2.51. The van der Waals surface area contributed by atoms with Crippen LogP contribution in [0.3, 0.4) is 0 Å². The fraction of sp³-hybridized carbons (Fsp3) is 0.500. The number of hydrogen-bond acceptors (Lipinski definition) is 7. The zero-order chi connectivity index (χ0) is 13.4. The summed E-state index contributed by atoms with van der Waals surface area (Å²) < 4.78 is 48.6. The van der Waals surface area contributed by atoms with Crippen molar-refractivity contribution in [3.63, 3.8) is 0 Å². The van der Waals surface area contributed by atoms with Crippen molar-refractivity contribution in [2.75, 3.05) is 17.2 Å². The van der Waals surface area contributed by atoms with Crippen LogP contribution in [0.2, 0.25) is 0 Å². The summed E-state index contributed by atoms with van der Waals surface area (Å²) in [5.74, 6) is -0.210. The van der Waals surface area contributed by atoms with E-state index in [2.05, 4.69) is 14.7 Å². The van der Waals surface area contributed by atoms with Gasteiger partial charge in [0.05, 0.1) is 23.9 Å². The van der Waals surface area contributed by atoms with Gasteiger partial charge in [-0.05, 0) is 6.42 Å². The predicted molar refractivity (Wildman–Crippen MR) is 63.8 cm³/mol. The predicted octanol–water partition coefficient (Wildman–Crippen LogP) is -1.48. The Kier molecular flexibility index (Phi) is 3.25. The molecular formula is C8H12N4O4S2. The SMILES string of the molecule is Nc1ncc(S(=O)(=O)NC2CCS(=O)(=O)C2)cn1. The number of rotatable bonds is 3. The maximum Gasteiger partial charge on any atom is 0.243 e. The molecule has 0 bridgehead atoms. The van der Waals surface area contributed by atoms with E-state index in [1.165, 1.54) is 0 Å². The summed E-state index contributed by atoms with van der Waals surface area (Å²) in [5, 5.41) is 0. The minimum Gasteiger partial charge on any atom is -0.368 e. The molecule has 0 amide bonds. The zero-order valence-corrected chi connectivity index (χ0v) is 10.9. The topological polar surface area (TPSA) is 132 Å². The Hall–Kier alpha value is -1.26. The van der Waals surface area contributed by atoms with E-state index >= 15 is 0 Å². The molecule has 1 aromatic rings. The van der Waals surface area contributed by atoms with Gasteiger partial charge < -0.3 is 5.73 Å². The summed E-state index contributed by atoms with van der Waals surface area (Å²) >= 11 is 0. The van der Waals surface area contributed by atoms with Crippen molar-refractivity contribution in [2.24, 2.45) is 0 Å². The van der Waals surface area contributed by atoms with Gasteiger partial charge in [0.2, 0.25) is 16.0 Å². The quantitative estimate of drug-likeness (QED) is 0.694. The highest BCUT2D eigenvalue weighted by Gasteiger charge is 2.31. The molecule has 2 heterocycles. The van der Waals surface area contributed by atoms with Crippen molar-refractivity contribution >= 4 is 25.8 Å². The summed E-state index contributed by atoms with van der Waals surface area (Å²) in [5.41, 5.74) is 5.25. The smallest absolute Gasteiger partial charge is 0.243 e. The monoisotopic (exact) mass is 292 g/mol. The van der Waals surface area contributed by atoms with Crippen molar-refractivity contribution in [1.29, 1.82) is 0 Å². The van der Waals surface area contributed by atoms with Crippen LogP contribution in [-0.2, 0) is 19.9 Å². The van der Waals surface area contributed by atoms with E-state index in [4.69, 9.17) is 5.73 Å². The molecular weight excluding hydrogens is 280 g/mol. The molecule has 0 aromatic carbocycles. The Morgan fingerprint density at radius 1 is 1.33 bits per heavy atom. The molecule has 0 radical (unpaired) electrons. The highest BCUT2D eigenvalue weighted by Crippen LogP contribution is 2.15. The van der Waals surface area contributed by atoms with Crippen molar-refractivity contribution in [2.45, 2.75) is 17.4 Å². The Balaban J connectivity index is 2.16. The molecule has 1 aromatic heterocycles. The molecule has 1 fully saturated rings. The first-order valence-corrected chi connectivity index (χ1v) is 8.39. The number of nitrogens with one attached hydrogen (secondary N) is 1. The van der Waals surface area contributed by atoms with E-state index in [0.717, 1.165) is 12.4 Å². The molecule has 1 atom stereocenters. The second kappa shape index (κ2) is 4.44. The Labute approximate surface area is 105 Å². The highest BCUT2D eigenvalue weighted by atomic mass is 32.2. The van der Waals surface area contributed by atoms with Gasteiger partial charge in [-0.1, -0.05) is 0 Å². The molecule has 3 N–H and O–H groups in total. The van der Waals surface area contributed by atoms with Crippen molar-refractivity contribution in [3.05, 3.63) is 12.4 Å². The first-order valence-electron chi connectivity index (χ1n) is 5.09. The number of hydrogen-bond donors (Lipinski definition) is 2. The van der Waals surface area contributed by atoms with Gasteiger partial charge in [0.15, 0.2) is 9.84 Å². The normalized spacial score (nSPS) is 23.0. The lowest BCUT2D eigenvalue weighted by Crippen LogP contribution is -2.35. The van der Waals surface area contributed by atoms with Crippen molar-refractivity contribution in [1.82, 2.24) is 14.7 Å². The van der Waals surface area contributed by atoms with Crippen LogP contribution < -0.4 is 10.5 Å². The summed E-state index contributed by atoms with van der Waals surface area (Å²) in [4.78, 5) is 7.02. The number of sulfonamides is 1. The number of nitrogens with two attached hydrogens (primary N) is 1.